The van der Waals surface area contributed by atoms with Crippen LogP contribution in [0.4, 0.5) is 5.69 Å². The van der Waals surface area contributed by atoms with Crippen LogP contribution in [-0.4, -0.2) is 43.1 Å². The zero-order chi connectivity index (χ0) is 26.2. The van der Waals surface area contributed by atoms with Gasteiger partial charge in [0.25, 0.3) is 0 Å². The van der Waals surface area contributed by atoms with E-state index in [2.05, 4.69) is 26.3 Å². The molecule has 0 saturated carbocycles. The van der Waals surface area contributed by atoms with Gasteiger partial charge < -0.3 is 10.3 Å². The Morgan fingerprint density at radius 2 is 1.97 bits per heavy atom. The highest BCUT2D eigenvalue weighted by atomic mass is 35.5. The summed E-state index contributed by atoms with van der Waals surface area (Å²) in [5.41, 5.74) is 7.37. The fraction of sp³-hybridized carbons (Fsp3) is 0.214. The van der Waals surface area contributed by atoms with Crippen molar-refractivity contribution < 1.29 is 4.79 Å². The number of anilines is 1. The normalized spacial score (nSPS) is 13.0. The van der Waals surface area contributed by atoms with Crippen LogP contribution >= 0.6 is 22.9 Å². The summed E-state index contributed by atoms with van der Waals surface area (Å²) in [5, 5.41) is 2.93. The number of rotatable bonds is 6. The highest BCUT2D eigenvalue weighted by Crippen LogP contribution is 2.34. The number of fused-ring (bicyclic) bond motifs is 2. The van der Waals surface area contributed by atoms with Crippen molar-refractivity contribution in [2.75, 3.05) is 11.9 Å². The van der Waals surface area contributed by atoms with Crippen molar-refractivity contribution in [2.24, 2.45) is 10.9 Å². The summed E-state index contributed by atoms with van der Waals surface area (Å²) in [7, 11) is 0. The van der Waals surface area contributed by atoms with Gasteiger partial charge in [-0.15, -0.1) is 11.3 Å². The standard InChI is InChI=1S/C28H24ClN7OS/c1-15(2)9-24(37)33-18-10-17(11-30-12-18)20-4-3-16-7-8-32-27(25(16)34-20)28-35-21-14-31-13-19(26(21)36-28)22-5-6-23(29)38-22/h3-6,10-15H,7-9H2,1-2H3,(H,33,37)(H,35,36). The molecule has 0 saturated heterocycles. The van der Waals surface area contributed by atoms with Crippen LogP contribution in [-0.2, 0) is 11.2 Å². The van der Waals surface area contributed by atoms with Gasteiger partial charge in [0.05, 0.1) is 39.3 Å². The first-order chi connectivity index (χ1) is 18.4. The quantitative estimate of drug-likeness (QED) is 0.267. The Morgan fingerprint density at radius 1 is 1.11 bits per heavy atom. The minimum absolute atomic E-state index is 0.0321. The molecule has 6 heterocycles. The van der Waals surface area contributed by atoms with E-state index in [1.54, 1.807) is 18.6 Å². The van der Waals surface area contributed by atoms with Crippen molar-refractivity contribution in [2.45, 2.75) is 26.7 Å². The zero-order valence-corrected chi connectivity index (χ0v) is 22.4. The third kappa shape index (κ3) is 4.82. The van der Waals surface area contributed by atoms with Gasteiger partial charge in [-0.3, -0.25) is 19.8 Å². The number of aromatic amines is 1. The molecule has 0 spiro atoms. The van der Waals surface area contributed by atoms with E-state index in [-0.39, 0.29) is 11.8 Å². The van der Waals surface area contributed by atoms with Gasteiger partial charge in [-0.1, -0.05) is 31.5 Å². The maximum Gasteiger partial charge on any atom is 0.224 e. The summed E-state index contributed by atoms with van der Waals surface area (Å²) >= 11 is 7.67. The first kappa shape index (κ1) is 24.4. The Balaban J connectivity index is 1.36. The molecule has 0 aromatic carbocycles. The van der Waals surface area contributed by atoms with Gasteiger partial charge >= 0.3 is 0 Å². The van der Waals surface area contributed by atoms with E-state index >= 15 is 0 Å². The second kappa shape index (κ2) is 10.1. The number of imidazole rings is 1. The largest absolute Gasteiger partial charge is 0.335 e. The monoisotopic (exact) mass is 541 g/mol. The highest BCUT2D eigenvalue weighted by molar-refractivity contribution is 7.19. The number of carbonyl (C=O) groups is 1. The lowest BCUT2D eigenvalue weighted by Gasteiger charge is -2.16. The van der Waals surface area contributed by atoms with Gasteiger partial charge in [0.15, 0.2) is 5.82 Å². The maximum atomic E-state index is 12.3. The van der Waals surface area contributed by atoms with Crippen molar-refractivity contribution in [3.8, 4) is 21.7 Å². The molecule has 1 amide bonds. The van der Waals surface area contributed by atoms with E-state index < -0.39 is 0 Å². The second-order valence-electron chi connectivity index (χ2n) is 9.57. The predicted molar refractivity (Wildman–Crippen MR) is 152 cm³/mol. The van der Waals surface area contributed by atoms with E-state index in [9.17, 15) is 4.79 Å². The van der Waals surface area contributed by atoms with Crippen LogP contribution in [0.3, 0.4) is 0 Å². The van der Waals surface area contributed by atoms with Crippen molar-refractivity contribution in [1.29, 1.82) is 0 Å². The van der Waals surface area contributed by atoms with E-state index in [0.29, 0.717) is 34.5 Å². The lowest BCUT2D eigenvalue weighted by Crippen LogP contribution is -2.18. The Hall–Kier alpha value is -3.95. The molecular formula is C28H24ClN7OS. The lowest BCUT2D eigenvalue weighted by molar-refractivity contribution is -0.116. The van der Waals surface area contributed by atoms with Crippen molar-refractivity contribution in [3.05, 3.63) is 76.5 Å². The van der Waals surface area contributed by atoms with Crippen LogP contribution in [0.1, 0.15) is 37.4 Å². The molecule has 5 aromatic rings. The summed E-state index contributed by atoms with van der Waals surface area (Å²) in [5.74, 6) is 0.894. The van der Waals surface area contributed by atoms with Gasteiger partial charge in [-0.05, 0) is 42.2 Å². The summed E-state index contributed by atoms with van der Waals surface area (Å²) in [6.07, 6.45) is 8.23. The number of nitrogens with zero attached hydrogens (tertiary/aromatic N) is 5. The molecule has 5 aromatic heterocycles. The van der Waals surface area contributed by atoms with Gasteiger partial charge in [0, 0.05) is 41.4 Å². The molecule has 0 radical (unpaired) electrons. The highest BCUT2D eigenvalue weighted by Gasteiger charge is 2.22. The smallest absolute Gasteiger partial charge is 0.224 e. The molecule has 0 atom stereocenters. The van der Waals surface area contributed by atoms with Crippen LogP contribution in [0.25, 0.3) is 32.7 Å². The first-order valence-corrected chi connectivity index (χ1v) is 13.5. The molecule has 2 N–H and O–H groups in total. The number of amides is 1. The Bertz CT molecular complexity index is 1700. The molecule has 1 aliphatic rings. The third-order valence-electron chi connectivity index (χ3n) is 6.22. The van der Waals surface area contributed by atoms with Gasteiger partial charge in [0.1, 0.15) is 11.2 Å². The van der Waals surface area contributed by atoms with E-state index in [1.807, 2.05) is 44.3 Å². The van der Waals surface area contributed by atoms with Gasteiger partial charge in [-0.2, -0.15) is 0 Å². The Morgan fingerprint density at radius 3 is 2.79 bits per heavy atom. The number of nitrogens with one attached hydrogen (secondary N) is 2. The molecule has 10 heteroatoms. The minimum Gasteiger partial charge on any atom is -0.335 e. The minimum atomic E-state index is -0.0321. The third-order valence-corrected chi connectivity index (χ3v) is 7.49. The molecule has 0 fully saturated rings. The predicted octanol–water partition coefficient (Wildman–Crippen LogP) is 6.17. The summed E-state index contributed by atoms with van der Waals surface area (Å²) in [6.45, 7) is 4.69. The van der Waals surface area contributed by atoms with Crippen LogP contribution in [0.5, 0.6) is 0 Å². The molecule has 0 unspecified atom stereocenters. The molecular weight excluding hydrogens is 518 g/mol. The number of carbonyl (C=O) groups excluding carboxylic acids is 1. The molecule has 8 nitrogen and oxygen atoms in total. The number of hydrogen-bond donors (Lipinski definition) is 2. The van der Waals surface area contributed by atoms with Crippen molar-refractivity contribution in [1.82, 2.24) is 24.9 Å². The summed E-state index contributed by atoms with van der Waals surface area (Å²) in [4.78, 5) is 40.1. The number of aromatic nitrogens is 5. The Kier molecular flexibility index (Phi) is 6.47. The number of halogens is 1. The second-order valence-corrected chi connectivity index (χ2v) is 11.3. The van der Waals surface area contributed by atoms with Crippen LogP contribution in [0.2, 0.25) is 4.34 Å². The summed E-state index contributed by atoms with van der Waals surface area (Å²) in [6, 6.07) is 9.82. The SMILES string of the molecule is CC(C)CC(=O)Nc1cncc(-c2ccc3c(n2)C(c2nc4c(-c5ccc(Cl)s5)cncc4[nH]2)=NCC3)c1. The number of aliphatic imine (C=N–C) groups is 1. The van der Waals surface area contributed by atoms with Crippen LogP contribution in [0, 0.1) is 5.92 Å². The number of thiophene rings is 1. The Labute approximate surface area is 228 Å². The molecule has 0 aliphatic carbocycles. The zero-order valence-electron chi connectivity index (χ0n) is 20.8. The first-order valence-electron chi connectivity index (χ1n) is 12.3. The number of pyridine rings is 3. The van der Waals surface area contributed by atoms with Crippen LogP contribution < -0.4 is 5.32 Å². The topological polar surface area (TPSA) is 109 Å². The molecule has 0 bridgehead atoms. The average Bonchev–Trinajstić information content (AvgIpc) is 3.54. The fourth-order valence-corrected chi connectivity index (χ4v) is 5.58. The average molecular weight is 542 g/mol. The number of hydrogen-bond acceptors (Lipinski definition) is 7. The molecule has 190 valence electrons. The van der Waals surface area contributed by atoms with E-state index in [4.69, 9.17) is 26.6 Å². The van der Waals surface area contributed by atoms with E-state index in [0.717, 1.165) is 50.4 Å². The summed E-state index contributed by atoms with van der Waals surface area (Å²) < 4.78 is 0.716. The fourth-order valence-electron chi connectivity index (χ4n) is 4.52. The lowest BCUT2D eigenvalue weighted by atomic mass is 10.0. The van der Waals surface area contributed by atoms with Crippen molar-refractivity contribution >= 4 is 51.3 Å². The molecule has 38 heavy (non-hydrogen) atoms. The van der Waals surface area contributed by atoms with Gasteiger partial charge in [0.2, 0.25) is 5.91 Å². The number of H-pyrrole nitrogens is 1. The van der Waals surface area contributed by atoms with E-state index in [1.165, 1.54) is 11.3 Å². The van der Waals surface area contributed by atoms with Crippen molar-refractivity contribution in [3.63, 3.8) is 0 Å². The van der Waals surface area contributed by atoms with Gasteiger partial charge in [-0.25, -0.2) is 9.97 Å². The molecule has 6 rings (SSSR count). The molecule has 1 aliphatic heterocycles. The maximum absolute atomic E-state index is 12.3. The van der Waals surface area contributed by atoms with Crippen LogP contribution in [0.15, 0.2) is 60.1 Å².